The summed E-state index contributed by atoms with van der Waals surface area (Å²) < 4.78 is 0. The second-order valence-electron chi connectivity index (χ2n) is 3.01. The average Bonchev–Trinajstić information content (AvgIpc) is 2.70. The summed E-state index contributed by atoms with van der Waals surface area (Å²) in [7, 11) is 0. The second-order valence-corrected chi connectivity index (χ2v) is 3.01. The molecule has 0 unspecified atom stereocenters. The summed E-state index contributed by atoms with van der Waals surface area (Å²) in [6.07, 6.45) is 0.209. The van der Waals surface area contributed by atoms with Crippen LogP contribution in [0.15, 0.2) is 4.99 Å². The number of amidine groups is 1. The van der Waals surface area contributed by atoms with Crippen molar-refractivity contribution in [3.8, 4) is 12.1 Å². The van der Waals surface area contributed by atoms with Crippen LogP contribution in [0.4, 0.5) is 0 Å². The molecule has 1 aliphatic carbocycles. The van der Waals surface area contributed by atoms with Crippen LogP contribution in [0.2, 0.25) is 0 Å². The fourth-order valence-electron chi connectivity index (χ4n) is 1.60. The topological polar surface area (TPSA) is 103 Å². The van der Waals surface area contributed by atoms with Crippen LogP contribution in [-0.4, -0.2) is 11.7 Å². The quantitative estimate of drug-likeness (QED) is 0.506. The first-order valence-corrected chi connectivity index (χ1v) is 3.34. The Balaban J connectivity index is 2.60. The third-order valence-corrected chi connectivity index (χ3v) is 2.54. The van der Waals surface area contributed by atoms with Crippen LogP contribution in [0.5, 0.6) is 0 Å². The Kier molecular flexibility index (Phi) is 0.843. The van der Waals surface area contributed by atoms with Crippen LogP contribution < -0.4 is 5.73 Å². The van der Waals surface area contributed by atoms with Gasteiger partial charge in [-0.25, -0.2) is 0 Å². The number of hydrogen-bond donors (Lipinski definition) is 1. The third-order valence-electron chi connectivity index (χ3n) is 2.54. The SMILES string of the molecule is N#C[C@@]12C[C@]1(C#N)C(N)=NC2=O. The highest BCUT2D eigenvalue weighted by molar-refractivity contribution is 6.16. The number of amides is 1. The Morgan fingerprint density at radius 2 is 2.00 bits per heavy atom. The van der Waals surface area contributed by atoms with E-state index in [1.807, 2.05) is 12.1 Å². The summed E-state index contributed by atoms with van der Waals surface area (Å²) in [6.45, 7) is 0. The average molecular weight is 160 g/mol. The molecule has 5 nitrogen and oxygen atoms in total. The van der Waals surface area contributed by atoms with Gasteiger partial charge in [-0.1, -0.05) is 0 Å². The highest BCUT2D eigenvalue weighted by atomic mass is 16.2. The molecule has 0 aromatic carbocycles. The van der Waals surface area contributed by atoms with Crippen LogP contribution in [0, 0.1) is 33.5 Å². The van der Waals surface area contributed by atoms with E-state index >= 15 is 0 Å². The number of hydrogen-bond acceptors (Lipinski definition) is 4. The predicted octanol–water partition coefficient (Wildman–Crippen LogP) is -0.693. The fraction of sp³-hybridized carbons (Fsp3) is 0.429. The third kappa shape index (κ3) is 0.375. The lowest BCUT2D eigenvalue weighted by Gasteiger charge is -1.98. The fourth-order valence-corrected chi connectivity index (χ4v) is 1.60. The predicted molar refractivity (Wildman–Crippen MR) is 37.3 cm³/mol. The summed E-state index contributed by atoms with van der Waals surface area (Å²) in [5.74, 6) is -0.569. The van der Waals surface area contributed by atoms with Gasteiger partial charge in [0.1, 0.15) is 11.3 Å². The van der Waals surface area contributed by atoms with Crippen molar-refractivity contribution >= 4 is 11.7 Å². The number of nitrogens with zero attached hydrogens (tertiary/aromatic N) is 3. The molecule has 0 saturated heterocycles. The Morgan fingerprint density at radius 3 is 2.33 bits per heavy atom. The van der Waals surface area contributed by atoms with Crippen molar-refractivity contribution in [1.29, 1.82) is 10.5 Å². The molecule has 1 aliphatic heterocycles. The van der Waals surface area contributed by atoms with Gasteiger partial charge in [0.05, 0.1) is 12.1 Å². The minimum atomic E-state index is -1.24. The molecule has 2 rings (SSSR count). The van der Waals surface area contributed by atoms with E-state index in [-0.39, 0.29) is 12.3 Å². The molecular weight excluding hydrogens is 156 g/mol. The first-order valence-electron chi connectivity index (χ1n) is 3.34. The largest absolute Gasteiger partial charge is 0.386 e. The molecule has 0 aromatic heterocycles. The van der Waals surface area contributed by atoms with Gasteiger partial charge < -0.3 is 5.73 Å². The Bertz CT molecular complexity index is 399. The van der Waals surface area contributed by atoms with E-state index in [9.17, 15) is 4.79 Å². The lowest BCUT2D eigenvalue weighted by atomic mass is 9.97. The van der Waals surface area contributed by atoms with E-state index in [1.54, 1.807) is 0 Å². The molecule has 1 saturated carbocycles. The van der Waals surface area contributed by atoms with Crippen LogP contribution in [-0.2, 0) is 4.79 Å². The highest BCUT2D eigenvalue weighted by Crippen LogP contribution is 2.66. The first-order chi connectivity index (χ1) is 5.63. The zero-order valence-corrected chi connectivity index (χ0v) is 6.03. The maximum absolute atomic E-state index is 11.1. The standard InChI is InChI=1S/C7H4N4O/c8-2-6-1-7(6,3-9)5(12)11-4(6)10/h1H2,(H2,10,11,12)/t6-,7+/m0/s1. The lowest BCUT2D eigenvalue weighted by Crippen LogP contribution is -2.24. The van der Waals surface area contributed by atoms with Gasteiger partial charge in [0.25, 0.3) is 5.91 Å². The molecule has 1 heterocycles. The molecule has 12 heavy (non-hydrogen) atoms. The number of carbonyl (C=O) groups excluding carboxylic acids is 1. The minimum Gasteiger partial charge on any atom is -0.386 e. The number of nitriles is 2. The van der Waals surface area contributed by atoms with E-state index < -0.39 is 16.7 Å². The minimum absolute atomic E-state index is 0.00319. The number of carbonyl (C=O) groups is 1. The van der Waals surface area contributed by atoms with Gasteiger partial charge >= 0.3 is 0 Å². The van der Waals surface area contributed by atoms with Crippen LogP contribution in [0.1, 0.15) is 6.42 Å². The van der Waals surface area contributed by atoms with Crippen molar-refractivity contribution in [2.24, 2.45) is 21.6 Å². The smallest absolute Gasteiger partial charge is 0.270 e. The summed E-state index contributed by atoms with van der Waals surface area (Å²) in [6, 6.07) is 3.71. The Hall–Kier alpha value is -1.88. The molecule has 2 atom stereocenters. The molecule has 1 amide bonds. The maximum atomic E-state index is 11.1. The van der Waals surface area contributed by atoms with Crippen molar-refractivity contribution in [1.82, 2.24) is 0 Å². The van der Waals surface area contributed by atoms with Gasteiger partial charge in [-0.15, -0.1) is 0 Å². The Morgan fingerprint density at radius 1 is 1.42 bits per heavy atom. The number of nitrogens with two attached hydrogens (primary N) is 1. The number of aliphatic imine (C=N–C) groups is 1. The van der Waals surface area contributed by atoms with Gasteiger partial charge in [0, 0.05) is 6.42 Å². The van der Waals surface area contributed by atoms with E-state index in [2.05, 4.69) is 4.99 Å². The molecule has 2 N–H and O–H groups in total. The molecule has 0 aromatic rings. The number of rotatable bonds is 0. The van der Waals surface area contributed by atoms with Gasteiger partial charge in [0.15, 0.2) is 5.41 Å². The highest BCUT2D eigenvalue weighted by Gasteiger charge is 2.80. The zero-order chi connectivity index (χ0) is 8.98. The van der Waals surface area contributed by atoms with Crippen molar-refractivity contribution in [3.05, 3.63) is 0 Å². The first kappa shape index (κ1) is 6.81. The van der Waals surface area contributed by atoms with E-state index in [0.29, 0.717) is 0 Å². The van der Waals surface area contributed by atoms with E-state index in [1.165, 1.54) is 0 Å². The molecule has 0 bridgehead atoms. The lowest BCUT2D eigenvalue weighted by molar-refractivity contribution is -0.120. The van der Waals surface area contributed by atoms with Crippen LogP contribution in [0.25, 0.3) is 0 Å². The van der Waals surface area contributed by atoms with Crippen molar-refractivity contribution in [2.75, 3.05) is 0 Å². The number of fused-ring (bicyclic) bond motifs is 1. The summed E-state index contributed by atoms with van der Waals surface area (Å²) in [5.41, 5.74) is 3.03. The summed E-state index contributed by atoms with van der Waals surface area (Å²) >= 11 is 0. The monoisotopic (exact) mass is 160 g/mol. The van der Waals surface area contributed by atoms with Crippen molar-refractivity contribution in [2.45, 2.75) is 6.42 Å². The van der Waals surface area contributed by atoms with Crippen molar-refractivity contribution < 1.29 is 4.79 Å². The molecule has 2 aliphatic rings. The van der Waals surface area contributed by atoms with Crippen molar-refractivity contribution in [3.63, 3.8) is 0 Å². The summed E-state index contributed by atoms with van der Waals surface area (Å²) in [5, 5.41) is 17.4. The molecule has 0 spiro atoms. The maximum Gasteiger partial charge on any atom is 0.270 e. The molecule has 58 valence electrons. The Labute approximate surface area is 68.1 Å². The van der Waals surface area contributed by atoms with Gasteiger partial charge in [0.2, 0.25) is 0 Å². The zero-order valence-electron chi connectivity index (χ0n) is 6.03. The normalized spacial score (nSPS) is 42.5. The molecule has 1 fully saturated rings. The van der Waals surface area contributed by atoms with E-state index in [0.717, 1.165) is 0 Å². The molecular formula is C7H4N4O. The molecule has 0 radical (unpaired) electrons. The second kappa shape index (κ2) is 1.49. The van der Waals surface area contributed by atoms with E-state index in [4.69, 9.17) is 16.3 Å². The van der Waals surface area contributed by atoms with Crippen LogP contribution >= 0.6 is 0 Å². The molecule has 5 heteroatoms. The van der Waals surface area contributed by atoms with Gasteiger partial charge in [-0.2, -0.15) is 15.5 Å². The van der Waals surface area contributed by atoms with Crippen LogP contribution in [0.3, 0.4) is 0 Å². The van der Waals surface area contributed by atoms with Gasteiger partial charge in [-0.3, -0.25) is 4.79 Å². The summed E-state index contributed by atoms with van der Waals surface area (Å²) in [4.78, 5) is 14.5. The van der Waals surface area contributed by atoms with Gasteiger partial charge in [-0.05, 0) is 0 Å².